The van der Waals surface area contributed by atoms with Crippen LogP contribution in [0.3, 0.4) is 0 Å². The number of carbonyl (C=O) groups excluding carboxylic acids is 1. The molecule has 1 atom stereocenters. The van der Waals surface area contributed by atoms with Gasteiger partial charge in [-0.25, -0.2) is 0 Å². The second kappa shape index (κ2) is 6.93. The number of aromatic nitrogens is 2. The van der Waals surface area contributed by atoms with E-state index in [4.69, 9.17) is 4.42 Å². The van der Waals surface area contributed by atoms with Crippen LogP contribution in [0.2, 0.25) is 0 Å². The summed E-state index contributed by atoms with van der Waals surface area (Å²) in [5, 5.41) is 4.19. The summed E-state index contributed by atoms with van der Waals surface area (Å²) in [6.07, 6.45) is 5.01. The van der Waals surface area contributed by atoms with Gasteiger partial charge in [0.15, 0.2) is 0 Å². The monoisotopic (exact) mass is 353 g/mol. The molecule has 0 aliphatic heterocycles. The van der Waals surface area contributed by atoms with Crippen LogP contribution in [0, 0.1) is 0 Å². The number of carbonyl (C=O) groups is 1. The SMILES string of the molecule is CCn1ncc(Br)c1C(=O)N(C)C(C)CCc1ccco1. The lowest BCUT2D eigenvalue weighted by Crippen LogP contribution is -2.36. The normalized spacial score (nSPS) is 12.4. The van der Waals surface area contributed by atoms with E-state index in [1.54, 1.807) is 22.0 Å². The molecule has 2 heterocycles. The average molecular weight is 354 g/mol. The Morgan fingerprint density at radius 1 is 1.57 bits per heavy atom. The zero-order chi connectivity index (χ0) is 15.4. The first kappa shape index (κ1) is 15.8. The van der Waals surface area contributed by atoms with Crippen LogP contribution < -0.4 is 0 Å². The molecule has 2 aromatic heterocycles. The fraction of sp³-hybridized carbons (Fsp3) is 0.467. The van der Waals surface area contributed by atoms with Crippen molar-refractivity contribution in [2.24, 2.45) is 0 Å². The number of nitrogens with zero attached hydrogens (tertiary/aromatic N) is 3. The van der Waals surface area contributed by atoms with E-state index in [-0.39, 0.29) is 11.9 Å². The Labute approximate surface area is 133 Å². The summed E-state index contributed by atoms with van der Waals surface area (Å²) in [5.74, 6) is 0.927. The number of hydrogen-bond donors (Lipinski definition) is 0. The van der Waals surface area contributed by atoms with Gasteiger partial charge in [-0.1, -0.05) is 0 Å². The minimum atomic E-state index is -0.0202. The van der Waals surface area contributed by atoms with Gasteiger partial charge in [0.05, 0.1) is 16.9 Å². The first-order valence-corrected chi connectivity index (χ1v) is 7.84. The van der Waals surface area contributed by atoms with Crippen LogP contribution in [0.1, 0.15) is 36.5 Å². The smallest absolute Gasteiger partial charge is 0.273 e. The van der Waals surface area contributed by atoms with Crippen LogP contribution in [0.25, 0.3) is 0 Å². The Bertz CT molecular complexity index is 592. The topological polar surface area (TPSA) is 51.3 Å². The maximum atomic E-state index is 12.6. The largest absolute Gasteiger partial charge is 0.469 e. The third-order valence-electron chi connectivity index (χ3n) is 3.67. The Hall–Kier alpha value is -1.56. The molecule has 2 rings (SSSR count). The van der Waals surface area contributed by atoms with Crippen molar-refractivity contribution in [3.05, 3.63) is 40.5 Å². The zero-order valence-corrected chi connectivity index (χ0v) is 14.1. The van der Waals surface area contributed by atoms with Crippen LogP contribution in [0.15, 0.2) is 33.5 Å². The molecule has 0 saturated carbocycles. The molecule has 0 spiro atoms. The summed E-state index contributed by atoms with van der Waals surface area (Å²) < 4.78 is 7.77. The molecule has 0 fully saturated rings. The average Bonchev–Trinajstić information content (AvgIpc) is 3.12. The lowest BCUT2D eigenvalue weighted by atomic mass is 10.1. The Morgan fingerprint density at radius 2 is 2.33 bits per heavy atom. The third kappa shape index (κ3) is 3.56. The Balaban J connectivity index is 2.02. The van der Waals surface area contributed by atoms with Gasteiger partial charge < -0.3 is 9.32 Å². The van der Waals surface area contributed by atoms with Crippen LogP contribution in [0.5, 0.6) is 0 Å². The quantitative estimate of drug-likeness (QED) is 0.799. The van der Waals surface area contributed by atoms with Gasteiger partial charge in [0, 0.05) is 26.1 Å². The number of rotatable bonds is 6. The summed E-state index contributed by atoms with van der Waals surface area (Å²) in [6, 6.07) is 3.96. The molecular formula is C15H20BrN3O2. The molecule has 5 nitrogen and oxygen atoms in total. The van der Waals surface area contributed by atoms with E-state index in [0.717, 1.165) is 23.1 Å². The van der Waals surface area contributed by atoms with Gasteiger partial charge in [-0.3, -0.25) is 9.48 Å². The van der Waals surface area contributed by atoms with E-state index in [1.165, 1.54) is 0 Å². The van der Waals surface area contributed by atoms with Crippen molar-refractivity contribution in [2.45, 2.75) is 39.3 Å². The zero-order valence-electron chi connectivity index (χ0n) is 12.5. The van der Waals surface area contributed by atoms with Gasteiger partial charge in [0.1, 0.15) is 11.5 Å². The molecule has 0 saturated heterocycles. The standard InChI is InChI=1S/C15H20BrN3O2/c1-4-19-14(13(16)10-17-19)15(20)18(3)11(2)7-8-12-6-5-9-21-12/h5-6,9-11H,4,7-8H2,1-3H3. The first-order chi connectivity index (χ1) is 10.0. The lowest BCUT2D eigenvalue weighted by molar-refractivity contribution is 0.0722. The third-order valence-corrected chi connectivity index (χ3v) is 4.25. The summed E-state index contributed by atoms with van der Waals surface area (Å²) in [6.45, 7) is 4.68. The van der Waals surface area contributed by atoms with Crippen molar-refractivity contribution >= 4 is 21.8 Å². The van der Waals surface area contributed by atoms with Crippen molar-refractivity contribution in [3.8, 4) is 0 Å². The molecule has 0 aliphatic carbocycles. The highest BCUT2D eigenvalue weighted by molar-refractivity contribution is 9.10. The van der Waals surface area contributed by atoms with E-state index >= 15 is 0 Å². The van der Waals surface area contributed by atoms with E-state index in [0.29, 0.717) is 12.2 Å². The number of aryl methyl sites for hydroxylation is 2. The molecule has 21 heavy (non-hydrogen) atoms. The van der Waals surface area contributed by atoms with E-state index in [2.05, 4.69) is 21.0 Å². The maximum absolute atomic E-state index is 12.6. The molecule has 0 aliphatic rings. The summed E-state index contributed by atoms with van der Waals surface area (Å²) in [5.41, 5.74) is 0.602. The number of halogens is 1. The van der Waals surface area contributed by atoms with Gasteiger partial charge in [-0.05, 0) is 48.3 Å². The fourth-order valence-corrected chi connectivity index (χ4v) is 2.65. The summed E-state index contributed by atoms with van der Waals surface area (Å²) >= 11 is 3.40. The second-order valence-electron chi connectivity index (χ2n) is 5.04. The number of furan rings is 1. The Kier molecular flexibility index (Phi) is 5.22. The summed E-state index contributed by atoms with van der Waals surface area (Å²) in [7, 11) is 1.83. The van der Waals surface area contributed by atoms with E-state index in [1.807, 2.05) is 33.0 Å². The van der Waals surface area contributed by atoms with Gasteiger partial charge in [-0.15, -0.1) is 0 Å². The second-order valence-corrected chi connectivity index (χ2v) is 5.89. The molecule has 0 bridgehead atoms. The van der Waals surface area contributed by atoms with E-state index in [9.17, 15) is 4.79 Å². The summed E-state index contributed by atoms with van der Waals surface area (Å²) in [4.78, 5) is 14.4. The molecule has 2 aromatic rings. The highest BCUT2D eigenvalue weighted by Crippen LogP contribution is 2.19. The maximum Gasteiger partial charge on any atom is 0.273 e. The molecule has 6 heteroatoms. The van der Waals surface area contributed by atoms with Gasteiger partial charge in [0.25, 0.3) is 5.91 Å². The van der Waals surface area contributed by atoms with Crippen LogP contribution in [0.4, 0.5) is 0 Å². The van der Waals surface area contributed by atoms with Crippen LogP contribution in [-0.2, 0) is 13.0 Å². The highest BCUT2D eigenvalue weighted by atomic mass is 79.9. The minimum Gasteiger partial charge on any atom is -0.469 e. The van der Waals surface area contributed by atoms with Crippen LogP contribution in [-0.4, -0.2) is 33.7 Å². The lowest BCUT2D eigenvalue weighted by Gasteiger charge is -2.25. The van der Waals surface area contributed by atoms with Crippen molar-refractivity contribution in [3.63, 3.8) is 0 Å². The highest BCUT2D eigenvalue weighted by Gasteiger charge is 2.23. The van der Waals surface area contributed by atoms with Crippen molar-refractivity contribution in [1.29, 1.82) is 0 Å². The molecule has 1 amide bonds. The van der Waals surface area contributed by atoms with Gasteiger partial charge in [-0.2, -0.15) is 5.10 Å². The van der Waals surface area contributed by atoms with Crippen molar-refractivity contribution in [1.82, 2.24) is 14.7 Å². The molecule has 0 radical (unpaired) electrons. The number of hydrogen-bond acceptors (Lipinski definition) is 3. The molecule has 114 valence electrons. The van der Waals surface area contributed by atoms with E-state index < -0.39 is 0 Å². The fourth-order valence-electron chi connectivity index (χ4n) is 2.18. The molecular weight excluding hydrogens is 334 g/mol. The molecule has 1 unspecified atom stereocenters. The molecule has 0 N–H and O–H groups in total. The van der Waals surface area contributed by atoms with Gasteiger partial charge >= 0.3 is 0 Å². The molecule has 0 aromatic carbocycles. The van der Waals surface area contributed by atoms with Crippen molar-refractivity contribution < 1.29 is 9.21 Å². The van der Waals surface area contributed by atoms with Gasteiger partial charge in [0.2, 0.25) is 0 Å². The van der Waals surface area contributed by atoms with Crippen LogP contribution >= 0.6 is 15.9 Å². The predicted octanol–water partition coefficient (Wildman–Crippen LogP) is 3.35. The first-order valence-electron chi connectivity index (χ1n) is 7.05. The number of amides is 1. The van der Waals surface area contributed by atoms with Crippen molar-refractivity contribution in [2.75, 3.05) is 7.05 Å². The minimum absolute atomic E-state index is 0.0202. The Morgan fingerprint density at radius 3 is 2.95 bits per heavy atom. The predicted molar refractivity (Wildman–Crippen MR) is 84.2 cm³/mol.